The van der Waals surface area contributed by atoms with Gasteiger partial charge in [0.15, 0.2) is 0 Å². The summed E-state index contributed by atoms with van der Waals surface area (Å²) in [5, 5.41) is 0. The predicted octanol–water partition coefficient (Wildman–Crippen LogP) is 2.03. The second kappa shape index (κ2) is 7.87. The summed E-state index contributed by atoms with van der Waals surface area (Å²) in [5.41, 5.74) is 5.00. The average molecular weight is 279 g/mol. The minimum Gasteiger partial charge on any atom is -0.383 e. The number of nitrogens with zero attached hydrogens (tertiary/aromatic N) is 1. The number of amides is 1. The number of hydrogen-bond donors (Lipinski definition) is 2. The lowest BCUT2D eigenvalue weighted by atomic mass is 10.1. The Labute approximate surface area is 121 Å². The van der Waals surface area contributed by atoms with Crippen molar-refractivity contribution in [2.75, 3.05) is 32.2 Å². The van der Waals surface area contributed by atoms with Gasteiger partial charge in [0, 0.05) is 31.5 Å². The largest absolute Gasteiger partial charge is 0.383 e. The molecule has 0 fully saturated rings. The van der Waals surface area contributed by atoms with E-state index in [0.29, 0.717) is 24.6 Å². The number of carbonyl (C=O) groups is 1. The van der Waals surface area contributed by atoms with Crippen LogP contribution in [0.5, 0.6) is 0 Å². The van der Waals surface area contributed by atoms with Crippen molar-refractivity contribution in [3.05, 3.63) is 29.3 Å². The zero-order valence-corrected chi connectivity index (χ0v) is 12.8. The number of nitrogen functional groups attached to an aromatic ring is 1. The lowest BCUT2D eigenvalue weighted by molar-refractivity contribution is 0.0671. The van der Waals surface area contributed by atoms with E-state index in [1.807, 2.05) is 30.0 Å². The molecule has 0 aromatic heterocycles. The first-order chi connectivity index (χ1) is 9.49. The number of rotatable bonds is 7. The fraction of sp³-hybridized carbons (Fsp3) is 0.533. The summed E-state index contributed by atoms with van der Waals surface area (Å²) in [5.74, 6) is 5.83. The van der Waals surface area contributed by atoms with Gasteiger partial charge < -0.3 is 15.1 Å². The number of anilines is 1. The minimum absolute atomic E-state index is 0.0387. The average Bonchev–Trinajstić information content (AvgIpc) is 2.42. The van der Waals surface area contributed by atoms with Crippen molar-refractivity contribution >= 4 is 11.6 Å². The monoisotopic (exact) mass is 279 g/mol. The number of hydrogen-bond acceptors (Lipinski definition) is 4. The number of nitrogens with two attached hydrogens (primary N) is 1. The fourth-order valence-corrected chi connectivity index (χ4v) is 2.08. The van der Waals surface area contributed by atoms with Crippen LogP contribution in [0.4, 0.5) is 5.69 Å². The summed E-state index contributed by atoms with van der Waals surface area (Å²) in [4.78, 5) is 14.5. The molecule has 3 N–H and O–H groups in total. The molecule has 0 radical (unpaired) electrons. The topological polar surface area (TPSA) is 67.6 Å². The van der Waals surface area contributed by atoms with E-state index in [0.717, 1.165) is 17.8 Å². The third-order valence-corrected chi connectivity index (χ3v) is 3.06. The highest BCUT2D eigenvalue weighted by Gasteiger charge is 2.18. The van der Waals surface area contributed by atoms with Crippen LogP contribution in [-0.2, 0) is 4.74 Å². The van der Waals surface area contributed by atoms with Crippen molar-refractivity contribution in [2.45, 2.75) is 20.8 Å². The zero-order valence-electron chi connectivity index (χ0n) is 12.8. The first-order valence-corrected chi connectivity index (χ1v) is 6.85. The number of aryl methyl sites for hydroxylation is 1. The molecular formula is C15H25N3O2. The van der Waals surface area contributed by atoms with E-state index in [1.165, 1.54) is 0 Å². The quantitative estimate of drug-likeness (QED) is 0.592. The lowest BCUT2D eigenvalue weighted by Crippen LogP contribution is -2.37. The van der Waals surface area contributed by atoms with Crippen molar-refractivity contribution in [3.8, 4) is 0 Å². The molecule has 112 valence electrons. The molecule has 0 bridgehead atoms. The van der Waals surface area contributed by atoms with Gasteiger partial charge in [-0.3, -0.25) is 10.6 Å². The molecule has 5 heteroatoms. The molecule has 1 aromatic carbocycles. The first-order valence-electron chi connectivity index (χ1n) is 6.85. The van der Waals surface area contributed by atoms with E-state index < -0.39 is 0 Å². The van der Waals surface area contributed by atoms with Gasteiger partial charge in [0.1, 0.15) is 0 Å². The maximum absolute atomic E-state index is 12.6. The van der Waals surface area contributed by atoms with Crippen LogP contribution in [0.15, 0.2) is 18.2 Å². The van der Waals surface area contributed by atoms with Crippen LogP contribution < -0.4 is 11.3 Å². The fourth-order valence-electron chi connectivity index (χ4n) is 2.08. The summed E-state index contributed by atoms with van der Waals surface area (Å²) in [6.45, 7) is 7.98. The SMILES string of the molecule is COCCN(CC(C)C)C(=O)c1ccc(NN)cc1C. The normalized spacial score (nSPS) is 10.7. The Hall–Kier alpha value is -1.59. The van der Waals surface area contributed by atoms with Crippen LogP contribution in [-0.4, -0.2) is 37.6 Å². The molecule has 5 nitrogen and oxygen atoms in total. The Morgan fingerprint density at radius 1 is 1.45 bits per heavy atom. The molecule has 0 atom stereocenters. The van der Waals surface area contributed by atoms with Crippen LogP contribution in [0.1, 0.15) is 29.8 Å². The Morgan fingerprint density at radius 2 is 2.15 bits per heavy atom. The highest BCUT2D eigenvalue weighted by atomic mass is 16.5. The van der Waals surface area contributed by atoms with E-state index in [4.69, 9.17) is 10.6 Å². The van der Waals surface area contributed by atoms with E-state index in [-0.39, 0.29) is 5.91 Å². The third kappa shape index (κ3) is 4.51. The Bertz CT molecular complexity index is 447. The summed E-state index contributed by atoms with van der Waals surface area (Å²) >= 11 is 0. The molecule has 0 aliphatic rings. The number of nitrogens with one attached hydrogen (secondary N) is 1. The van der Waals surface area contributed by atoms with Gasteiger partial charge in [-0.25, -0.2) is 0 Å². The molecule has 0 saturated carbocycles. The Kier molecular flexibility index (Phi) is 6.48. The van der Waals surface area contributed by atoms with E-state index in [2.05, 4.69) is 19.3 Å². The van der Waals surface area contributed by atoms with Crippen LogP contribution in [0, 0.1) is 12.8 Å². The summed E-state index contributed by atoms with van der Waals surface area (Å²) in [7, 11) is 1.64. The van der Waals surface area contributed by atoms with Crippen molar-refractivity contribution in [1.29, 1.82) is 0 Å². The van der Waals surface area contributed by atoms with Crippen molar-refractivity contribution < 1.29 is 9.53 Å². The van der Waals surface area contributed by atoms with Crippen molar-refractivity contribution in [3.63, 3.8) is 0 Å². The van der Waals surface area contributed by atoms with Gasteiger partial charge in [-0.2, -0.15) is 0 Å². The maximum Gasteiger partial charge on any atom is 0.254 e. The van der Waals surface area contributed by atoms with Crippen LogP contribution in [0.25, 0.3) is 0 Å². The number of ether oxygens (including phenoxy) is 1. The molecular weight excluding hydrogens is 254 g/mol. The molecule has 0 spiro atoms. The van der Waals surface area contributed by atoms with Gasteiger partial charge in [0.2, 0.25) is 0 Å². The van der Waals surface area contributed by atoms with Gasteiger partial charge in [0.05, 0.1) is 6.61 Å². The lowest BCUT2D eigenvalue weighted by Gasteiger charge is -2.25. The second-order valence-corrected chi connectivity index (χ2v) is 5.31. The summed E-state index contributed by atoms with van der Waals surface area (Å²) < 4.78 is 5.09. The highest BCUT2D eigenvalue weighted by Crippen LogP contribution is 2.17. The van der Waals surface area contributed by atoms with Crippen LogP contribution >= 0.6 is 0 Å². The maximum atomic E-state index is 12.6. The van der Waals surface area contributed by atoms with Crippen LogP contribution in [0.2, 0.25) is 0 Å². The van der Waals surface area contributed by atoms with E-state index in [1.54, 1.807) is 7.11 Å². The number of hydrazine groups is 1. The first kappa shape index (κ1) is 16.5. The van der Waals surface area contributed by atoms with Gasteiger partial charge in [-0.05, 0) is 36.6 Å². The molecule has 0 aliphatic carbocycles. The van der Waals surface area contributed by atoms with E-state index in [9.17, 15) is 4.79 Å². The van der Waals surface area contributed by atoms with Crippen molar-refractivity contribution in [2.24, 2.45) is 11.8 Å². The smallest absolute Gasteiger partial charge is 0.254 e. The second-order valence-electron chi connectivity index (χ2n) is 5.31. The van der Waals surface area contributed by atoms with Gasteiger partial charge in [0.25, 0.3) is 5.91 Å². The molecule has 0 aliphatic heterocycles. The van der Waals surface area contributed by atoms with Crippen molar-refractivity contribution in [1.82, 2.24) is 4.90 Å². The third-order valence-electron chi connectivity index (χ3n) is 3.06. The Balaban J connectivity index is 2.92. The number of carbonyl (C=O) groups excluding carboxylic acids is 1. The Morgan fingerprint density at radius 3 is 2.65 bits per heavy atom. The molecule has 1 aromatic rings. The summed E-state index contributed by atoms with van der Waals surface area (Å²) in [6, 6.07) is 5.49. The standard InChI is InChI=1S/C15H25N3O2/c1-11(2)10-18(7-8-20-4)15(19)14-6-5-13(17-16)9-12(14)3/h5-6,9,11,17H,7-8,10,16H2,1-4H3. The summed E-state index contributed by atoms with van der Waals surface area (Å²) in [6.07, 6.45) is 0. The number of methoxy groups -OCH3 is 1. The van der Waals surface area contributed by atoms with Gasteiger partial charge in [-0.1, -0.05) is 13.8 Å². The molecule has 0 saturated heterocycles. The molecule has 1 amide bonds. The van der Waals surface area contributed by atoms with E-state index >= 15 is 0 Å². The predicted molar refractivity (Wildman–Crippen MR) is 81.6 cm³/mol. The minimum atomic E-state index is 0.0387. The zero-order chi connectivity index (χ0) is 15.1. The van der Waals surface area contributed by atoms with Crippen LogP contribution in [0.3, 0.4) is 0 Å². The highest BCUT2D eigenvalue weighted by molar-refractivity contribution is 5.96. The molecule has 1 rings (SSSR count). The number of benzene rings is 1. The molecule has 20 heavy (non-hydrogen) atoms. The van der Waals surface area contributed by atoms with Gasteiger partial charge >= 0.3 is 0 Å². The molecule has 0 unspecified atom stereocenters. The van der Waals surface area contributed by atoms with Gasteiger partial charge in [-0.15, -0.1) is 0 Å². The molecule has 0 heterocycles.